The van der Waals surface area contributed by atoms with E-state index < -0.39 is 0 Å². The molecule has 0 aliphatic rings. The van der Waals surface area contributed by atoms with Crippen LogP contribution in [0, 0.1) is 0 Å². The first-order chi connectivity index (χ1) is 12.8. The fourth-order valence-corrected chi connectivity index (χ4v) is 4.76. The predicted octanol–water partition coefficient (Wildman–Crippen LogP) is 5.78. The van der Waals surface area contributed by atoms with Crippen LogP contribution in [0.5, 0.6) is 0 Å². The summed E-state index contributed by atoms with van der Waals surface area (Å²) in [6, 6.07) is 13.0. The van der Waals surface area contributed by atoms with Crippen molar-refractivity contribution in [3.63, 3.8) is 0 Å². The summed E-state index contributed by atoms with van der Waals surface area (Å²) in [6.07, 6.45) is 4.19. The fourth-order valence-electron chi connectivity index (χ4n) is 2.88. The Balaban J connectivity index is 1.64. The van der Waals surface area contributed by atoms with E-state index in [-0.39, 0.29) is 0 Å². The third-order valence-electron chi connectivity index (χ3n) is 4.20. The lowest BCUT2D eigenvalue weighted by molar-refractivity contribution is 0.879. The molecule has 4 nitrogen and oxygen atoms in total. The van der Waals surface area contributed by atoms with E-state index in [0.29, 0.717) is 0 Å². The van der Waals surface area contributed by atoms with Gasteiger partial charge in [0.2, 0.25) is 0 Å². The molecule has 0 amide bonds. The van der Waals surface area contributed by atoms with Gasteiger partial charge in [-0.3, -0.25) is 0 Å². The summed E-state index contributed by atoms with van der Waals surface area (Å²) in [5.74, 6) is 0. The van der Waals surface area contributed by atoms with Crippen LogP contribution in [0.2, 0.25) is 0 Å². The van der Waals surface area contributed by atoms with Crippen LogP contribution in [0.25, 0.3) is 31.9 Å². The SMILES string of the molecule is CCCc1nnc(-c2ccc3cc(-c4nnc(CCC)s4)ccc3c2)s1. The Morgan fingerprint density at radius 3 is 1.54 bits per heavy atom. The molecule has 0 radical (unpaired) electrons. The van der Waals surface area contributed by atoms with Gasteiger partial charge in [0, 0.05) is 24.0 Å². The Bertz CT molecular complexity index is 952. The van der Waals surface area contributed by atoms with Gasteiger partial charge in [-0.05, 0) is 35.7 Å². The van der Waals surface area contributed by atoms with Crippen molar-refractivity contribution in [3.8, 4) is 21.1 Å². The average molecular weight is 381 g/mol. The lowest BCUT2D eigenvalue weighted by Gasteiger charge is -2.03. The van der Waals surface area contributed by atoms with E-state index in [0.717, 1.165) is 56.8 Å². The largest absolute Gasteiger partial charge is 0.147 e. The molecule has 0 unspecified atom stereocenters. The number of benzene rings is 2. The highest BCUT2D eigenvalue weighted by atomic mass is 32.1. The van der Waals surface area contributed by atoms with Gasteiger partial charge in [0.15, 0.2) is 0 Å². The molecule has 26 heavy (non-hydrogen) atoms. The minimum absolute atomic E-state index is 0.993. The molecule has 4 rings (SSSR count). The molecule has 6 heteroatoms. The summed E-state index contributed by atoms with van der Waals surface area (Å²) < 4.78 is 0. The third kappa shape index (κ3) is 3.52. The van der Waals surface area contributed by atoms with Crippen molar-refractivity contribution in [3.05, 3.63) is 46.4 Å². The molecule has 0 saturated heterocycles. The zero-order valence-corrected chi connectivity index (χ0v) is 16.5. The van der Waals surface area contributed by atoms with Gasteiger partial charge in [-0.2, -0.15) is 0 Å². The Morgan fingerprint density at radius 2 is 1.12 bits per heavy atom. The number of nitrogens with zero attached hydrogens (tertiary/aromatic N) is 4. The Labute approximate surface area is 161 Å². The maximum atomic E-state index is 4.35. The van der Waals surface area contributed by atoms with Gasteiger partial charge in [-0.25, -0.2) is 0 Å². The minimum Gasteiger partial charge on any atom is -0.143 e. The molecule has 2 aromatic carbocycles. The molecule has 4 aromatic rings. The first-order valence-electron chi connectivity index (χ1n) is 8.96. The van der Waals surface area contributed by atoms with Crippen molar-refractivity contribution in [2.45, 2.75) is 39.5 Å². The summed E-state index contributed by atoms with van der Waals surface area (Å²) in [6.45, 7) is 4.33. The maximum absolute atomic E-state index is 4.35. The molecule has 132 valence electrons. The fraction of sp³-hybridized carbons (Fsp3) is 0.300. The number of aryl methyl sites for hydroxylation is 2. The maximum Gasteiger partial charge on any atom is 0.147 e. The van der Waals surface area contributed by atoms with Crippen molar-refractivity contribution in [1.82, 2.24) is 20.4 Å². The van der Waals surface area contributed by atoms with Gasteiger partial charge in [0.1, 0.15) is 20.0 Å². The zero-order chi connectivity index (χ0) is 17.9. The molecule has 2 heterocycles. The summed E-state index contributed by atoms with van der Waals surface area (Å²) in [5.41, 5.74) is 2.26. The monoisotopic (exact) mass is 380 g/mol. The number of rotatable bonds is 6. The van der Waals surface area contributed by atoms with Crippen LogP contribution >= 0.6 is 22.7 Å². The molecule has 0 bridgehead atoms. The lowest BCUT2D eigenvalue weighted by Crippen LogP contribution is -1.82. The molecular weight excluding hydrogens is 360 g/mol. The standard InChI is InChI=1S/C20H20N4S2/c1-3-5-17-21-23-19(25-17)15-9-7-14-12-16(10-8-13(14)11-15)20-24-22-18(26-20)6-4-2/h7-12H,3-6H2,1-2H3. The highest BCUT2D eigenvalue weighted by Gasteiger charge is 2.09. The number of aromatic nitrogens is 4. The summed E-state index contributed by atoms with van der Waals surface area (Å²) in [4.78, 5) is 0. The molecule has 0 saturated carbocycles. The Hall–Kier alpha value is -2.18. The molecule has 0 aliphatic heterocycles. The molecule has 0 fully saturated rings. The van der Waals surface area contributed by atoms with Crippen LogP contribution < -0.4 is 0 Å². The lowest BCUT2D eigenvalue weighted by atomic mass is 10.0. The van der Waals surface area contributed by atoms with Gasteiger partial charge in [-0.15, -0.1) is 20.4 Å². The topological polar surface area (TPSA) is 51.6 Å². The van der Waals surface area contributed by atoms with E-state index in [1.54, 1.807) is 22.7 Å². The van der Waals surface area contributed by atoms with Crippen molar-refractivity contribution in [2.75, 3.05) is 0 Å². The van der Waals surface area contributed by atoms with Crippen LogP contribution in [-0.4, -0.2) is 20.4 Å². The molecule has 2 aromatic heterocycles. The van der Waals surface area contributed by atoms with Gasteiger partial charge in [-0.1, -0.05) is 60.8 Å². The third-order valence-corrected chi connectivity index (χ3v) is 6.26. The van der Waals surface area contributed by atoms with Crippen molar-refractivity contribution in [1.29, 1.82) is 0 Å². The molecule has 0 atom stereocenters. The first-order valence-corrected chi connectivity index (χ1v) is 10.6. The summed E-state index contributed by atoms with van der Waals surface area (Å²) in [7, 11) is 0. The van der Waals surface area contributed by atoms with Gasteiger partial charge in [0.05, 0.1) is 0 Å². The smallest absolute Gasteiger partial charge is 0.143 e. The number of fused-ring (bicyclic) bond motifs is 1. The second kappa shape index (κ2) is 7.60. The van der Waals surface area contributed by atoms with E-state index in [4.69, 9.17) is 0 Å². The normalized spacial score (nSPS) is 11.3. The van der Waals surface area contributed by atoms with Gasteiger partial charge in [0.25, 0.3) is 0 Å². The van der Waals surface area contributed by atoms with Gasteiger partial charge >= 0.3 is 0 Å². The summed E-state index contributed by atoms with van der Waals surface area (Å²) >= 11 is 3.38. The van der Waals surface area contributed by atoms with Crippen molar-refractivity contribution < 1.29 is 0 Å². The number of hydrogen-bond donors (Lipinski definition) is 0. The molecule has 0 N–H and O–H groups in total. The van der Waals surface area contributed by atoms with Gasteiger partial charge < -0.3 is 0 Å². The van der Waals surface area contributed by atoms with Crippen molar-refractivity contribution >= 4 is 33.4 Å². The quantitative estimate of drug-likeness (QED) is 0.425. The molecule has 0 aliphatic carbocycles. The first kappa shape index (κ1) is 17.2. The summed E-state index contributed by atoms with van der Waals surface area (Å²) in [5, 5.41) is 23.9. The van der Waals surface area contributed by atoms with E-state index in [2.05, 4.69) is 70.6 Å². The van der Waals surface area contributed by atoms with E-state index in [9.17, 15) is 0 Å². The zero-order valence-electron chi connectivity index (χ0n) is 14.9. The van der Waals surface area contributed by atoms with Crippen molar-refractivity contribution in [2.24, 2.45) is 0 Å². The van der Waals surface area contributed by atoms with Crippen LogP contribution in [0.3, 0.4) is 0 Å². The highest BCUT2D eigenvalue weighted by molar-refractivity contribution is 7.15. The van der Waals surface area contributed by atoms with E-state index in [1.165, 1.54) is 10.8 Å². The van der Waals surface area contributed by atoms with Crippen LogP contribution in [0.4, 0.5) is 0 Å². The minimum atomic E-state index is 0.993. The Morgan fingerprint density at radius 1 is 0.654 bits per heavy atom. The Kier molecular flexibility index (Phi) is 5.04. The van der Waals surface area contributed by atoms with Crippen LogP contribution in [-0.2, 0) is 12.8 Å². The molecule has 0 spiro atoms. The predicted molar refractivity (Wildman–Crippen MR) is 110 cm³/mol. The highest BCUT2D eigenvalue weighted by Crippen LogP contribution is 2.31. The second-order valence-electron chi connectivity index (χ2n) is 6.28. The van der Waals surface area contributed by atoms with E-state index >= 15 is 0 Å². The number of hydrogen-bond acceptors (Lipinski definition) is 6. The molecular formula is C20H20N4S2. The second-order valence-corrected chi connectivity index (χ2v) is 8.40. The van der Waals surface area contributed by atoms with E-state index in [1.807, 2.05) is 0 Å². The van der Waals surface area contributed by atoms with Crippen LogP contribution in [0.1, 0.15) is 36.7 Å². The van der Waals surface area contributed by atoms with Crippen LogP contribution in [0.15, 0.2) is 36.4 Å². The average Bonchev–Trinajstić information content (AvgIpc) is 3.31.